The molecule has 0 fully saturated rings. The van der Waals surface area contributed by atoms with Crippen molar-refractivity contribution in [3.63, 3.8) is 0 Å². The number of fused-ring (bicyclic) bond motifs is 2. The summed E-state index contributed by atoms with van der Waals surface area (Å²) in [4.78, 5) is 2.36. The second-order valence-corrected chi connectivity index (χ2v) is 6.64. The second-order valence-electron chi connectivity index (χ2n) is 6.64. The van der Waals surface area contributed by atoms with Gasteiger partial charge in [-0.2, -0.15) is 0 Å². The van der Waals surface area contributed by atoms with E-state index < -0.39 is 0 Å². The van der Waals surface area contributed by atoms with E-state index in [0.29, 0.717) is 0 Å². The Morgan fingerprint density at radius 1 is 0.889 bits per heavy atom. The standard InChI is InChI=1S/C23H31N2O.ClH/c1-6-19-20-13-11-17(24(7-2)8-3)15-22(20)26-23-16-18(12-14-21(19)23)25(9-4)10-5;/h11-16H,6-10H2,1-5H3;1H/q+1;. The molecule has 27 heavy (non-hydrogen) atoms. The number of benzene rings is 2. The predicted molar refractivity (Wildman–Crippen MR) is 119 cm³/mol. The van der Waals surface area contributed by atoms with Crippen molar-refractivity contribution in [2.75, 3.05) is 31.1 Å². The van der Waals surface area contributed by atoms with Crippen molar-refractivity contribution < 1.29 is 4.42 Å². The Bertz CT molecular complexity index is 935. The Kier molecular flexibility index (Phi) is 7.32. The first-order chi connectivity index (χ1) is 12.7. The molecule has 0 N–H and O–H groups in total. The van der Waals surface area contributed by atoms with Crippen LogP contribution in [0.25, 0.3) is 22.3 Å². The minimum Gasteiger partial charge on any atom is -0.456 e. The first-order valence-electron chi connectivity index (χ1n) is 9.99. The summed E-state index contributed by atoms with van der Waals surface area (Å²) >= 11 is 0. The van der Waals surface area contributed by atoms with Crippen LogP contribution in [0.15, 0.2) is 40.8 Å². The van der Waals surface area contributed by atoms with Gasteiger partial charge in [-0.25, -0.2) is 4.58 Å². The zero-order valence-corrected chi connectivity index (χ0v) is 18.0. The summed E-state index contributed by atoms with van der Waals surface area (Å²) in [5.74, 6) is 0.982. The third-order valence-electron chi connectivity index (χ3n) is 5.41. The Balaban J connectivity index is 0.00000261. The Hall–Kier alpha value is -2.00. The first-order valence-corrected chi connectivity index (χ1v) is 9.99. The van der Waals surface area contributed by atoms with E-state index in [4.69, 9.17) is 4.42 Å². The van der Waals surface area contributed by atoms with Crippen molar-refractivity contribution in [1.29, 1.82) is 0 Å². The molecule has 3 nitrogen and oxygen atoms in total. The molecule has 0 radical (unpaired) electrons. The van der Waals surface area contributed by atoms with Gasteiger partial charge in [0.05, 0.1) is 6.07 Å². The van der Waals surface area contributed by atoms with E-state index in [1.165, 1.54) is 27.6 Å². The molecule has 0 saturated carbocycles. The van der Waals surface area contributed by atoms with Crippen LogP contribution >= 0.6 is 12.4 Å². The van der Waals surface area contributed by atoms with E-state index in [2.05, 4.69) is 80.5 Å². The molecular weight excluding hydrogens is 356 g/mol. The molecule has 1 heterocycles. The van der Waals surface area contributed by atoms with Gasteiger partial charge in [0.15, 0.2) is 0 Å². The first kappa shape index (κ1) is 21.3. The zero-order chi connectivity index (χ0) is 18.7. The van der Waals surface area contributed by atoms with E-state index in [1.807, 2.05) is 0 Å². The monoisotopic (exact) mass is 387 g/mol. The molecule has 0 saturated heterocycles. The number of halogens is 1. The highest BCUT2D eigenvalue weighted by Gasteiger charge is 2.16. The van der Waals surface area contributed by atoms with Crippen LogP contribution in [-0.2, 0) is 6.42 Å². The molecule has 3 rings (SSSR count). The lowest BCUT2D eigenvalue weighted by atomic mass is 9.97. The molecule has 1 aromatic carbocycles. The smallest absolute Gasteiger partial charge is 0.203 e. The number of aryl methyl sites for hydroxylation is 1. The Morgan fingerprint density at radius 3 is 2.19 bits per heavy atom. The lowest BCUT2D eigenvalue weighted by Gasteiger charge is -2.22. The van der Waals surface area contributed by atoms with Crippen molar-refractivity contribution >= 4 is 29.1 Å². The van der Waals surface area contributed by atoms with Crippen LogP contribution < -0.4 is 14.8 Å². The van der Waals surface area contributed by atoms with E-state index in [-0.39, 0.29) is 12.4 Å². The van der Waals surface area contributed by atoms with Gasteiger partial charge in [0.2, 0.25) is 5.36 Å². The van der Waals surface area contributed by atoms with Gasteiger partial charge in [-0.15, -0.1) is 12.4 Å². The van der Waals surface area contributed by atoms with Gasteiger partial charge >= 0.3 is 0 Å². The highest BCUT2D eigenvalue weighted by atomic mass is 35.5. The summed E-state index contributed by atoms with van der Waals surface area (Å²) in [6.07, 6.45) is 0.999. The van der Waals surface area contributed by atoms with Crippen LogP contribution in [0.2, 0.25) is 0 Å². The molecule has 1 aliphatic heterocycles. The van der Waals surface area contributed by atoms with E-state index in [9.17, 15) is 0 Å². The third kappa shape index (κ3) is 3.98. The zero-order valence-electron chi connectivity index (χ0n) is 17.2. The third-order valence-corrected chi connectivity index (χ3v) is 5.41. The van der Waals surface area contributed by atoms with E-state index in [1.54, 1.807) is 0 Å². The van der Waals surface area contributed by atoms with Crippen molar-refractivity contribution in [2.45, 2.75) is 41.0 Å². The highest BCUT2D eigenvalue weighted by molar-refractivity contribution is 5.90. The number of nitrogens with zero attached hydrogens (tertiary/aromatic N) is 2. The SMILES string of the molecule is CCc1c2ccc(=[N+](CC)CC)cc-2oc2cc(N(CC)CC)ccc12.Cl. The summed E-state index contributed by atoms with van der Waals surface area (Å²) in [6.45, 7) is 15.0. The van der Waals surface area contributed by atoms with Gasteiger partial charge < -0.3 is 9.32 Å². The number of anilines is 1. The van der Waals surface area contributed by atoms with Gasteiger partial charge in [-0.1, -0.05) is 6.92 Å². The van der Waals surface area contributed by atoms with Gasteiger partial charge in [0.25, 0.3) is 0 Å². The minimum atomic E-state index is 0. The van der Waals surface area contributed by atoms with Crippen LogP contribution in [0.1, 0.15) is 40.2 Å². The lowest BCUT2D eigenvalue weighted by Crippen LogP contribution is -2.29. The predicted octanol–water partition coefficient (Wildman–Crippen LogP) is 5.18. The second kappa shape index (κ2) is 9.27. The fourth-order valence-corrected chi connectivity index (χ4v) is 3.90. The molecule has 0 aromatic heterocycles. The summed E-state index contributed by atoms with van der Waals surface area (Å²) in [6, 6.07) is 13.3. The van der Waals surface area contributed by atoms with Crippen LogP contribution in [-0.4, -0.2) is 26.2 Å². The minimum absolute atomic E-state index is 0. The van der Waals surface area contributed by atoms with Crippen molar-refractivity contribution in [1.82, 2.24) is 4.58 Å². The summed E-state index contributed by atoms with van der Waals surface area (Å²) in [5.41, 5.74) is 4.81. The van der Waals surface area contributed by atoms with Crippen molar-refractivity contribution in [2.24, 2.45) is 0 Å². The molecule has 0 amide bonds. The normalized spacial score (nSPS) is 10.9. The van der Waals surface area contributed by atoms with E-state index in [0.717, 1.165) is 43.9 Å². The molecule has 1 aromatic rings. The molecule has 4 heteroatoms. The Labute approximate surface area is 169 Å². The molecule has 1 aliphatic carbocycles. The molecule has 0 spiro atoms. The lowest BCUT2D eigenvalue weighted by molar-refractivity contribution is 0.603. The quantitative estimate of drug-likeness (QED) is 0.428. The van der Waals surface area contributed by atoms with E-state index >= 15 is 0 Å². The maximum absolute atomic E-state index is 6.39. The highest BCUT2D eigenvalue weighted by Crippen LogP contribution is 2.34. The fourth-order valence-electron chi connectivity index (χ4n) is 3.90. The maximum atomic E-state index is 6.39. The van der Waals surface area contributed by atoms with Crippen LogP contribution in [0.3, 0.4) is 0 Å². The van der Waals surface area contributed by atoms with Crippen LogP contribution in [0.5, 0.6) is 0 Å². The molecule has 0 unspecified atom stereocenters. The van der Waals surface area contributed by atoms with Crippen molar-refractivity contribution in [3.05, 3.63) is 47.3 Å². The molecule has 0 atom stereocenters. The number of hydrogen-bond acceptors (Lipinski definition) is 2. The average molecular weight is 388 g/mol. The maximum Gasteiger partial charge on any atom is 0.203 e. The molecule has 0 bridgehead atoms. The Morgan fingerprint density at radius 2 is 1.59 bits per heavy atom. The number of hydrogen-bond donors (Lipinski definition) is 0. The van der Waals surface area contributed by atoms with Gasteiger partial charge in [-0.05, 0) is 57.9 Å². The van der Waals surface area contributed by atoms with Gasteiger partial charge in [0.1, 0.15) is 24.4 Å². The number of rotatable bonds is 6. The molecule has 146 valence electrons. The average Bonchev–Trinajstić information content (AvgIpc) is 2.67. The largest absolute Gasteiger partial charge is 0.456 e. The molecular formula is C23H32ClN2O+. The summed E-state index contributed by atoms with van der Waals surface area (Å²) in [7, 11) is 0. The van der Waals surface area contributed by atoms with Gasteiger partial charge in [-0.3, -0.25) is 0 Å². The topological polar surface area (TPSA) is 19.4 Å². The van der Waals surface area contributed by atoms with Gasteiger partial charge in [0, 0.05) is 41.9 Å². The summed E-state index contributed by atoms with van der Waals surface area (Å²) in [5, 5.41) is 2.46. The van der Waals surface area contributed by atoms with Crippen molar-refractivity contribution in [3.8, 4) is 11.3 Å². The van der Waals surface area contributed by atoms with Crippen LogP contribution in [0, 0.1) is 0 Å². The fraction of sp³-hybridized carbons (Fsp3) is 0.435. The van der Waals surface area contributed by atoms with Crippen LogP contribution in [0.4, 0.5) is 5.69 Å². The summed E-state index contributed by atoms with van der Waals surface area (Å²) < 4.78 is 8.75. The molecule has 2 aliphatic rings.